The second-order valence-electron chi connectivity index (χ2n) is 6.11. The quantitative estimate of drug-likeness (QED) is 0.856. The van der Waals surface area contributed by atoms with Crippen LogP contribution in [0.5, 0.6) is 0 Å². The molecule has 0 saturated carbocycles. The van der Waals surface area contributed by atoms with Gasteiger partial charge in [-0.2, -0.15) is 0 Å². The fraction of sp³-hybridized carbons (Fsp3) is 0.263. The highest BCUT2D eigenvalue weighted by Crippen LogP contribution is 2.32. The van der Waals surface area contributed by atoms with E-state index in [-0.39, 0.29) is 17.7 Å². The van der Waals surface area contributed by atoms with Gasteiger partial charge in [0, 0.05) is 30.9 Å². The van der Waals surface area contributed by atoms with E-state index in [2.05, 4.69) is 6.07 Å². The van der Waals surface area contributed by atoms with Gasteiger partial charge in [0.05, 0.1) is 5.92 Å². The Bertz CT molecular complexity index is 757. The maximum atomic E-state index is 12.9. The Morgan fingerprint density at radius 1 is 1.00 bits per heavy atom. The fourth-order valence-electron chi connectivity index (χ4n) is 3.52. The molecule has 4 heteroatoms. The second kappa shape index (κ2) is 5.54. The van der Waals surface area contributed by atoms with Gasteiger partial charge in [-0.1, -0.05) is 36.4 Å². The van der Waals surface area contributed by atoms with E-state index < -0.39 is 0 Å². The smallest absolute Gasteiger partial charge is 0.232 e. The zero-order chi connectivity index (χ0) is 15.8. The van der Waals surface area contributed by atoms with E-state index in [1.807, 2.05) is 53.4 Å². The van der Waals surface area contributed by atoms with Gasteiger partial charge in [-0.15, -0.1) is 0 Å². The minimum Gasteiger partial charge on any atom is -0.312 e. The third kappa shape index (κ3) is 2.40. The van der Waals surface area contributed by atoms with E-state index in [0.29, 0.717) is 19.5 Å². The number of fused-ring (bicyclic) bond motifs is 1. The lowest BCUT2D eigenvalue weighted by Gasteiger charge is -2.21. The molecule has 2 aliphatic rings. The number of carbonyl (C=O) groups excluding carboxylic acids is 2. The normalized spacial score (nSPS) is 20.0. The lowest BCUT2D eigenvalue weighted by molar-refractivity contribution is -0.124. The van der Waals surface area contributed by atoms with Crippen LogP contribution >= 0.6 is 0 Å². The predicted molar refractivity (Wildman–Crippen MR) is 89.4 cm³/mol. The summed E-state index contributed by atoms with van der Waals surface area (Å²) in [5.41, 5.74) is 3.09. The summed E-state index contributed by atoms with van der Waals surface area (Å²) in [5, 5.41) is 0. The molecule has 0 unspecified atom stereocenters. The molecule has 2 aromatic carbocycles. The topological polar surface area (TPSA) is 40.6 Å². The van der Waals surface area contributed by atoms with E-state index in [4.69, 9.17) is 0 Å². The summed E-state index contributed by atoms with van der Waals surface area (Å²) >= 11 is 0. The number of hydrogen-bond donors (Lipinski definition) is 0. The van der Waals surface area contributed by atoms with Crippen LogP contribution in [0, 0.1) is 5.92 Å². The molecule has 0 aromatic heterocycles. The average molecular weight is 306 g/mol. The first-order valence-corrected chi connectivity index (χ1v) is 7.99. The molecule has 23 heavy (non-hydrogen) atoms. The predicted octanol–water partition coefficient (Wildman–Crippen LogP) is 2.63. The summed E-state index contributed by atoms with van der Waals surface area (Å²) in [5.74, 6) is -0.155. The van der Waals surface area contributed by atoms with Crippen LogP contribution in [-0.4, -0.2) is 24.9 Å². The Labute approximate surface area is 135 Å². The van der Waals surface area contributed by atoms with Crippen molar-refractivity contribution in [1.82, 2.24) is 0 Å². The molecule has 4 rings (SSSR count). The van der Waals surface area contributed by atoms with Crippen molar-refractivity contribution in [2.24, 2.45) is 5.92 Å². The number of rotatable bonds is 2. The van der Waals surface area contributed by atoms with Crippen LogP contribution in [-0.2, 0) is 16.0 Å². The van der Waals surface area contributed by atoms with Crippen molar-refractivity contribution in [3.63, 3.8) is 0 Å². The Hall–Kier alpha value is -2.62. The van der Waals surface area contributed by atoms with Gasteiger partial charge in [0.15, 0.2) is 0 Å². The summed E-state index contributed by atoms with van der Waals surface area (Å²) in [6.07, 6.45) is 1.19. The van der Waals surface area contributed by atoms with Crippen molar-refractivity contribution in [2.75, 3.05) is 22.9 Å². The summed E-state index contributed by atoms with van der Waals surface area (Å²) in [7, 11) is 0. The first-order chi connectivity index (χ1) is 11.2. The van der Waals surface area contributed by atoms with Gasteiger partial charge in [-0.05, 0) is 30.2 Å². The third-order valence-electron chi connectivity index (χ3n) is 4.70. The van der Waals surface area contributed by atoms with E-state index in [0.717, 1.165) is 17.8 Å². The molecule has 2 heterocycles. The molecule has 2 aliphatic heterocycles. The largest absolute Gasteiger partial charge is 0.312 e. The number of para-hydroxylation sites is 2. The van der Waals surface area contributed by atoms with Crippen molar-refractivity contribution in [2.45, 2.75) is 12.8 Å². The number of nitrogens with zero attached hydrogens (tertiary/aromatic N) is 2. The standard InChI is InChI=1S/C19H18N2O2/c22-18-12-15(13-21(18)16-7-2-1-3-8-16)19(23)20-11-10-14-6-4-5-9-17(14)20/h1-9,15H,10-13H2/t15-/m0/s1. The van der Waals surface area contributed by atoms with Crippen molar-refractivity contribution >= 4 is 23.2 Å². The molecule has 116 valence electrons. The highest BCUT2D eigenvalue weighted by molar-refractivity contribution is 6.05. The fourth-order valence-corrected chi connectivity index (χ4v) is 3.52. The minimum absolute atomic E-state index is 0.0297. The molecule has 0 spiro atoms. The van der Waals surface area contributed by atoms with E-state index in [1.165, 1.54) is 5.56 Å². The van der Waals surface area contributed by atoms with E-state index in [9.17, 15) is 9.59 Å². The van der Waals surface area contributed by atoms with Crippen LogP contribution in [0.15, 0.2) is 54.6 Å². The molecule has 0 aliphatic carbocycles. The number of carbonyl (C=O) groups is 2. The third-order valence-corrected chi connectivity index (χ3v) is 4.70. The zero-order valence-electron chi connectivity index (χ0n) is 12.8. The number of hydrogen-bond acceptors (Lipinski definition) is 2. The highest BCUT2D eigenvalue weighted by atomic mass is 16.2. The lowest BCUT2D eigenvalue weighted by Crippen LogP contribution is -2.36. The van der Waals surface area contributed by atoms with Crippen LogP contribution in [0.2, 0.25) is 0 Å². The Kier molecular flexibility index (Phi) is 3.37. The minimum atomic E-state index is -0.256. The Morgan fingerprint density at radius 2 is 1.74 bits per heavy atom. The number of anilines is 2. The first kappa shape index (κ1) is 14.0. The Balaban J connectivity index is 1.54. The summed E-state index contributed by atoms with van der Waals surface area (Å²) in [4.78, 5) is 28.8. The molecule has 1 saturated heterocycles. The van der Waals surface area contributed by atoms with Crippen LogP contribution in [0.4, 0.5) is 11.4 Å². The van der Waals surface area contributed by atoms with E-state index >= 15 is 0 Å². The number of amides is 2. The van der Waals surface area contributed by atoms with Gasteiger partial charge in [0.2, 0.25) is 11.8 Å². The molecular formula is C19H18N2O2. The van der Waals surface area contributed by atoms with Gasteiger partial charge in [-0.3, -0.25) is 9.59 Å². The molecular weight excluding hydrogens is 288 g/mol. The molecule has 0 N–H and O–H groups in total. The first-order valence-electron chi connectivity index (χ1n) is 7.99. The zero-order valence-corrected chi connectivity index (χ0v) is 12.8. The molecule has 2 aromatic rings. The molecule has 0 bridgehead atoms. The molecule has 4 nitrogen and oxygen atoms in total. The van der Waals surface area contributed by atoms with Crippen molar-refractivity contribution in [1.29, 1.82) is 0 Å². The summed E-state index contributed by atoms with van der Waals surface area (Å²) in [6.45, 7) is 1.19. The van der Waals surface area contributed by atoms with E-state index in [1.54, 1.807) is 4.90 Å². The van der Waals surface area contributed by atoms with Crippen LogP contribution in [0.1, 0.15) is 12.0 Å². The highest BCUT2D eigenvalue weighted by Gasteiger charge is 2.38. The molecule has 2 amide bonds. The Morgan fingerprint density at radius 3 is 2.57 bits per heavy atom. The van der Waals surface area contributed by atoms with Crippen LogP contribution in [0.3, 0.4) is 0 Å². The van der Waals surface area contributed by atoms with Crippen LogP contribution in [0.25, 0.3) is 0 Å². The van der Waals surface area contributed by atoms with Crippen molar-refractivity contribution in [3.05, 3.63) is 60.2 Å². The molecule has 1 atom stereocenters. The lowest BCUT2D eigenvalue weighted by atomic mass is 10.1. The average Bonchev–Trinajstić information content (AvgIpc) is 3.19. The maximum Gasteiger partial charge on any atom is 0.232 e. The SMILES string of the molecule is O=C1C[C@H](C(=O)N2CCc3ccccc32)CN1c1ccccc1. The van der Waals surface area contributed by atoms with Crippen molar-refractivity contribution in [3.8, 4) is 0 Å². The molecule has 1 fully saturated rings. The van der Waals surface area contributed by atoms with Gasteiger partial charge in [-0.25, -0.2) is 0 Å². The summed E-state index contributed by atoms with van der Waals surface area (Å²) < 4.78 is 0. The monoisotopic (exact) mass is 306 g/mol. The molecule has 0 radical (unpaired) electrons. The van der Waals surface area contributed by atoms with Gasteiger partial charge in [0.25, 0.3) is 0 Å². The van der Waals surface area contributed by atoms with Gasteiger partial charge < -0.3 is 9.80 Å². The maximum absolute atomic E-state index is 12.9. The number of benzene rings is 2. The van der Waals surface area contributed by atoms with Crippen molar-refractivity contribution < 1.29 is 9.59 Å². The van der Waals surface area contributed by atoms with Gasteiger partial charge >= 0.3 is 0 Å². The van der Waals surface area contributed by atoms with Crippen LogP contribution < -0.4 is 9.80 Å². The summed E-state index contributed by atoms with van der Waals surface area (Å²) in [6, 6.07) is 17.6. The van der Waals surface area contributed by atoms with Gasteiger partial charge in [0.1, 0.15) is 0 Å². The second-order valence-corrected chi connectivity index (χ2v) is 6.11.